The number of carbonyl (C=O) groups excluding carboxylic acids is 1. The number of carboxylic acids is 1. The minimum absolute atomic E-state index is 0.178. The van der Waals surface area contributed by atoms with Crippen LogP contribution >= 0.6 is 34.8 Å². The van der Waals surface area contributed by atoms with Crippen LogP contribution in [-0.2, 0) is 9.53 Å². The normalized spacial score (nSPS) is 12.6. The lowest BCUT2D eigenvalue weighted by atomic mass is 10.1. The Morgan fingerprint density at radius 3 is 2.25 bits per heavy atom. The Balaban J connectivity index is 2.57. The molecule has 3 N–H and O–H groups in total. The van der Waals surface area contributed by atoms with Crippen molar-refractivity contribution in [3.8, 4) is 0 Å². The van der Waals surface area contributed by atoms with Gasteiger partial charge in [-0.1, -0.05) is 46.9 Å². The van der Waals surface area contributed by atoms with Gasteiger partial charge in [-0.2, -0.15) is 0 Å². The molecule has 0 bridgehead atoms. The summed E-state index contributed by atoms with van der Waals surface area (Å²) in [6, 6.07) is 5.50. The Morgan fingerprint density at radius 1 is 1.25 bits per heavy atom. The number of carboxylic acid groups (broad SMARTS) is 1. The van der Waals surface area contributed by atoms with Crippen LogP contribution in [0.3, 0.4) is 0 Å². The van der Waals surface area contributed by atoms with Crippen LogP contribution in [0, 0.1) is 0 Å². The van der Waals surface area contributed by atoms with Crippen molar-refractivity contribution in [3.63, 3.8) is 0 Å². The lowest BCUT2D eigenvalue weighted by Gasteiger charge is -2.12. The first kappa shape index (κ1) is 16.8. The molecular weight excluding hydrogens is 332 g/mol. The van der Waals surface area contributed by atoms with Crippen LogP contribution in [0.4, 0.5) is 10.5 Å². The molecule has 1 aromatic rings. The Bertz CT molecular complexity index is 486. The summed E-state index contributed by atoms with van der Waals surface area (Å²) in [5.74, 6) is -1.37. The third-order valence-electron chi connectivity index (χ3n) is 2.07. The molecule has 1 rings (SSSR count). The van der Waals surface area contributed by atoms with Gasteiger partial charge in [-0.25, -0.2) is 9.59 Å². The molecule has 20 heavy (non-hydrogen) atoms. The van der Waals surface area contributed by atoms with E-state index in [4.69, 9.17) is 39.9 Å². The van der Waals surface area contributed by atoms with Gasteiger partial charge in [0.1, 0.15) is 6.61 Å². The van der Waals surface area contributed by atoms with Crippen molar-refractivity contribution in [2.75, 3.05) is 11.9 Å². The quantitative estimate of drug-likeness (QED) is 0.731. The molecule has 0 radical (unpaired) electrons. The van der Waals surface area contributed by atoms with E-state index in [0.717, 1.165) is 0 Å². The fourth-order valence-electron chi connectivity index (χ4n) is 1.19. The summed E-state index contributed by atoms with van der Waals surface area (Å²) in [4.78, 5) is 21.9. The van der Waals surface area contributed by atoms with Crippen LogP contribution in [0.2, 0.25) is 0 Å². The topological polar surface area (TPSA) is 95.9 Å². The SMILES string of the molecule is O=C(Nc1ccc([C@H](O)C(=O)O)cc1)OCC(Cl)(Cl)Cl. The first-order valence-corrected chi connectivity index (χ1v) is 6.34. The highest BCUT2D eigenvalue weighted by Crippen LogP contribution is 2.26. The fraction of sp³-hybridized carbons (Fsp3) is 0.273. The monoisotopic (exact) mass is 341 g/mol. The van der Waals surface area contributed by atoms with Gasteiger partial charge in [-0.3, -0.25) is 5.32 Å². The van der Waals surface area contributed by atoms with Gasteiger partial charge in [-0.15, -0.1) is 0 Å². The number of anilines is 1. The van der Waals surface area contributed by atoms with E-state index in [1.54, 1.807) is 0 Å². The standard InChI is InChI=1S/C11H10Cl3NO5/c12-11(13,14)5-20-10(19)15-7-3-1-6(2-4-7)8(16)9(17)18/h1-4,8,16H,5H2,(H,15,19)(H,17,18)/t8-/m0/s1. The lowest BCUT2D eigenvalue weighted by Crippen LogP contribution is -2.21. The number of aliphatic hydroxyl groups excluding tert-OH is 1. The number of hydrogen-bond acceptors (Lipinski definition) is 4. The molecule has 6 nitrogen and oxygen atoms in total. The third-order valence-corrected chi connectivity index (χ3v) is 2.40. The second kappa shape index (κ2) is 6.99. The average molecular weight is 343 g/mol. The third kappa shape index (κ3) is 5.83. The molecule has 110 valence electrons. The number of ether oxygens (including phenoxy) is 1. The van der Waals surface area contributed by atoms with Crippen molar-refractivity contribution in [2.45, 2.75) is 9.90 Å². The van der Waals surface area contributed by atoms with Gasteiger partial charge >= 0.3 is 12.1 Å². The molecule has 1 aromatic carbocycles. The fourth-order valence-corrected chi connectivity index (χ4v) is 1.36. The first-order valence-electron chi connectivity index (χ1n) is 5.20. The average Bonchev–Trinajstić information content (AvgIpc) is 2.35. The van der Waals surface area contributed by atoms with Gasteiger partial charge in [0.25, 0.3) is 0 Å². The van der Waals surface area contributed by atoms with Crippen LogP contribution in [0.1, 0.15) is 11.7 Å². The highest BCUT2D eigenvalue weighted by molar-refractivity contribution is 6.67. The van der Waals surface area contributed by atoms with E-state index in [9.17, 15) is 14.7 Å². The van der Waals surface area contributed by atoms with Gasteiger partial charge in [0, 0.05) is 5.69 Å². The predicted octanol–water partition coefficient (Wildman–Crippen LogP) is 2.72. The van der Waals surface area contributed by atoms with Crippen molar-refractivity contribution < 1.29 is 24.5 Å². The maximum atomic E-state index is 11.3. The van der Waals surface area contributed by atoms with Gasteiger partial charge in [-0.05, 0) is 17.7 Å². The van der Waals surface area contributed by atoms with E-state index in [1.165, 1.54) is 24.3 Å². The Hall–Kier alpha value is -1.21. The summed E-state index contributed by atoms with van der Waals surface area (Å²) in [7, 11) is 0. The summed E-state index contributed by atoms with van der Waals surface area (Å²) in [6.45, 7) is -0.417. The molecule has 0 fully saturated rings. The maximum Gasteiger partial charge on any atom is 0.411 e. The van der Waals surface area contributed by atoms with Crippen molar-refractivity contribution in [1.29, 1.82) is 0 Å². The summed E-state index contributed by atoms with van der Waals surface area (Å²) < 4.78 is 2.94. The number of hydrogen-bond donors (Lipinski definition) is 3. The van der Waals surface area contributed by atoms with E-state index in [0.29, 0.717) is 5.69 Å². The Morgan fingerprint density at radius 2 is 1.80 bits per heavy atom. The number of alkyl halides is 3. The summed E-state index contributed by atoms with van der Waals surface area (Å²) in [6.07, 6.45) is -2.46. The number of carbonyl (C=O) groups is 2. The van der Waals surface area contributed by atoms with Gasteiger partial charge in [0.15, 0.2) is 6.10 Å². The van der Waals surface area contributed by atoms with Crippen molar-refractivity contribution in [1.82, 2.24) is 0 Å². The number of aliphatic hydroxyl groups is 1. The molecule has 0 aromatic heterocycles. The molecule has 1 amide bonds. The molecule has 0 aliphatic rings. The molecule has 9 heteroatoms. The highest BCUT2D eigenvalue weighted by atomic mass is 35.6. The zero-order valence-electron chi connectivity index (χ0n) is 9.85. The molecular formula is C11H10Cl3NO5. The minimum Gasteiger partial charge on any atom is -0.479 e. The molecule has 0 aliphatic carbocycles. The lowest BCUT2D eigenvalue weighted by molar-refractivity contribution is -0.146. The smallest absolute Gasteiger partial charge is 0.411 e. The number of amides is 1. The highest BCUT2D eigenvalue weighted by Gasteiger charge is 2.22. The number of aliphatic carboxylic acids is 1. The van der Waals surface area contributed by atoms with Crippen molar-refractivity contribution in [3.05, 3.63) is 29.8 Å². The van der Waals surface area contributed by atoms with E-state index >= 15 is 0 Å². The minimum atomic E-state index is -1.70. The molecule has 0 spiro atoms. The summed E-state index contributed by atoms with van der Waals surface area (Å²) in [5, 5.41) is 20.3. The van der Waals surface area contributed by atoms with Crippen LogP contribution in [-0.4, -0.2) is 32.7 Å². The second-order valence-electron chi connectivity index (χ2n) is 3.68. The maximum absolute atomic E-state index is 11.3. The van der Waals surface area contributed by atoms with E-state index in [2.05, 4.69) is 10.1 Å². The predicted molar refractivity (Wildman–Crippen MR) is 74.3 cm³/mol. The molecule has 0 aliphatic heterocycles. The van der Waals surface area contributed by atoms with Crippen LogP contribution in [0.25, 0.3) is 0 Å². The Kier molecular flexibility index (Phi) is 5.88. The van der Waals surface area contributed by atoms with E-state index in [-0.39, 0.29) is 5.56 Å². The van der Waals surface area contributed by atoms with Crippen molar-refractivity contribution >= 4 is 52.6 Å². The van der Waals surface area contributed by atoms with Crippen LogP contribution in [0.15, 0.2) is 24.3 Å². The molecule has 0 heterocycles. The zero-order chi connectivity index (χ0) is 15.3. The second-order valence-corrected chi connectivity index (χ2v) is 6.20. The van der Waals surface area contributed by atoms with E-state index < -0.39 is 28.6 Å². The molecule has 1 atom stereocenters. The van der Waals surface area contributed by atoms with Gasteiger partial charge in [0.2, 0.25) is 3.79 Å². The molecule has 0 unspecified atom stereocenters. The van der Waals surface area contributed by atoms with Gasteiger partial charge in [0.05, 0.1) is 0 Å². The van der Waals surface area contributed by atoms with Crippen LogP contribution in [0.5, 0.6) is 0 Å². The van der Waals surface area contributed by atoms with Crippen LogP contribution < -0.4 is 5.32 Å². The zero-order valence-corrected chi connectivity index (χ0v) is 12.1. The first-order chi connectivity index (χ1) is 9.19. The van der Waals surface area contributed by atoms with Gasteiger partial charge < -0.3 is 14.9 Å². The number of benzene rings is 1. The summed E-state index contributed by atoms with van der Waals surface area (Å²) in [5.41, 5.74) is 0.512. The largest absolute Gasteiger partial charge is 0.479 e. The number of rotatable bonds is 4. The summed E-state index contributed by atoms with van der Waals surface area (Å²) >= 11 is 16.2. The Labute approximate surface area is 129 Å². The molecule has 0 saturated carbocycles. The number of nitrogens with one attached hydrogen (secondary N) is 1. The number of halogens is 3. The van der Waals surface area contributed by atoms with Crippen molar-refractivity contribution in [2.24, 2.45) is 0 Å². The van der Waals surface area contributed by atoms with E-state index in [1.807, 2.05) is 0 Å². The molecule has 0 saturated heterocycles.